The zero-order chi connectivity index (χ0) is 15.9. The molecule has 4 rings (SSSR count). The SMILES string of the molecule is CC12CC(=O)[C@@](C)(C1)[C@@H]1C(=O)N(c3ccc(O)cc3)C(=O)C12. The maximum absolute atomic E-state index is 12.9. The van der Waals surface area contributed by atoms with E-state index >= 15 is 0 Å². The van der Waals surface area contributed by atoms with Crippen molar-refractivity contribution in [1.82, 2.24) is 0 Å². The number of carbonyl (C=O) groups excluding carboxylic acids is 3. The molecule has 0 spiro atoms. The Bertz CT molecular complexity index is 725. The van der Waals surface area contributed by atoms with Crippen molar-refractivity contribution in [2.24, 2.45) is 22.7 Å². The molecular formula is C17H17NO4. The Morgan fingerprint density at radius 1 is 1.05 bits per heavy atom. The van der Waals surface area contributed by atoms with Gasteiger partial charge in [-0.1, -0.05) is 13.8 Å². The second-order valence-corrected chi connectivity index (χ2v) is 7.33. The minimum atomic E-state index is -0.710. The normalized spacial score (nSPS) is 39.7. The van der Waals surface area contributed by atoms with E-state index in [0.717, 1.165) is 0 Å². The van der Waals surface area contributed by atoms with Crippen LogP contribution in [0.5, 0.6) is 5.75 Å². The number of aromatic hydroxyl groups is 1. The first-order chi connectivity index (χ1) is 10.3. The van der Waals surface area contributed by atoms with Crippen LogP contribution < -0.4 is 4.90 Å². The summed E-state index contributed by atoms with van der Waals surface area (Å²) < 4.78 is 0. The smallest absolute Gasteiger partial charge is 0.238 e. The molecule has 2 bridgehead atoms. The average Bonchev–Trinajstić information content (AvgIpc) is 2.94. The van der Waals surface area contributed by atoms with E-state index in [1.165, 1.54) is 17.0 Å². The number of fused-ring (bicyclic) bond motifs is 5. The third kappa shape index (κ3) is 1.36. The van der Waals surface area contributed by atoms with E-state index in [9.17, 15) is 19.5 Å². The maximum Gasteiger partial charge on any atom is 0.238 e. The summed E-state index contributed by atoms with van der Waals surface area (Å²) in [6.07, 6.45) is 1.00. The van der Waals surface area contributed by atoms with Crippen molar-refractivity contribution in [3.63, 3.8) is 0 Å². The largest absolute Gasteiger partial charge is 0.508 e. The Hall–Kier alpha value is -2.17. The van der Waals surface area contributed by atoms with Crippen LogP contribution in [0.2, 0.25) is 0 Å². The molecule has 5 nitrogen and oxygen atoms in total. The van der Waals surface area contributed by atoms with Crippen LogP contribution in [0.4, 0.5) is 5.69 Å². The highest BCUT2D eigenvalue weighted by Gasteiger charge is 2.74. The number of nitrogens with zero attached hydrogens (tertiary/aromatic N) is 1. The lowest BCUT2D eigenvalue weighted by molar-refractivity contribution is -0.138. The van der Waals surface area contributed by atoms with Crippen LogP contribution in [0.25, 0.3) is 0 Å². The van der Waals surface area contributed by atoms with Crippen molar-refractivity contribution in [3.8, 4) is 5.75 Å². The zero-order valence-corrected chi connectivity index (χ0v) is 12.5. The number of hydrogen-bond acceptors (Lipinski definition) is 4. The monoisotopic (exact) mass is 299 g/mol. The van der Waals surface area contributed by atoms with E-state index in [4.69, 9.17) is 0 Å². The summed E-state index contributed by atoms with van der Waals surface area (Å²) in [4.78, 5) is 39.2. The molecule has 22 heavy (non-hydrogen) atoms. The molecule has 1 heterocycles. The van der Waals surface area contributed by atoms with E-state index in [-0.39, 0.29) is 23.3 Å². The van der Waals surface area contributed by atoms with Crippen LogP contribution in [0, 0.1) is 22.7 Å². The van der Waals surface area contributed by atoms with Gasteiger partial charge in [-0.15, -0.1) is 0 Å². The Kier molecular flexibility index (Phi) is 2.31. The third-order valence-corrected chi connectivity index (χ3v) is 5.82. The Balaban J connectivity index is 1.81. The van der Waals surface area contributed by atoms with Crippen LogP contribution >= 0.6 is 0 Å². The summed E-state index contributed by atoms with van der Waals surface area (Å²) >= 11 is 0. The van der Waals surface area contributed by atoms with E-state index in [0.29, 0.717) is 18.5 Å². The van der Waals surface area contributed by atoms with Crippen LogP contribution in [-0.2, 0) is 14.4 Å². The van der Waals surface area contributed by atoms with Gasteiger partial charge in [0.2, 0.25) is 11.8 Å². The number of ketones is 1. The number of imide groups is 1. The summed E-state index contributed by atoms with van der Waals surface area (Å²) in [7, 11) is 0. The fourth-order valence-electron chi connectivity index (χ4n) is 4.94. The number of phenolic OH excluding ortho intramolecular Hbond substituents is 1. The minimum absolute atomic E-state index is 0.0807. The molecule has 1 N–H and O–H groups in total. The summed E-state index contributed by atoms with van der Waals surface area (Å²) in [6, 6.07) is 6.02. The zero-order valence-electron chi connectivity index (χ0n) is 12.5. The van der Waals surface area contributed by atoms with Crippen LogP contribution in [0.15, 0.2) is 24.3 Å². The molecule has 0 aromatic heterocycles. The lowest BCUT2D eigenvalue weighted by Gasteiger charge is -2.30. The lowest BCUT2D eigenvalue weighted by Crippen LogP contribution is -2.40. The predicted molar refractivity (Wildman–Crippen MR) is 78.0 cm³/mol. The van der Waals surface area contributed by atoms with E-state index < -0.39 is 22.7 Å². The van der Waals surface area contributed by atoms with Crippen molar-refractivity contribution in [3.05, 3.63) is 24.3 Å². The van der Waals surface area contributed by atoms with Gasteiger partial charge in [0.25, 0.3) is 0 Å². The molecule has 114 valence electrons. The standard InChI is InChI=1S/C17H17NO4/c1-16-7-11(20)17(2,8-16)13-12(16)14(21)18(15(13)22)9-3-5-10(19)6-4-9/h3-6,12-13,19H,7-8H2,1-2H3/t12?,13-,16?,17+/m0/s1. The van der Waals surface area contributed by atoms with Gasteiger partial charge in [-0.3, -0.25) is 19.3 Å². The number of phenols is 1. The molecule has 3 aliphatic rings. The Labute approximate surface area is 127 Å². The maximum atomic E-state index is 12.9. The van der Waals surface area contributed by atoms with Crippen LogP contribution in [-0.4, -0.2) is 22.7 Å². The van der Waals surface area contributed by atoms with Gasteiger partial charge < -0.3 is 5.11 Å². The van der Waals surface area contributed by atoms with E-state index in [1.807, 2.05) is 13.8 Å². The van der Waals surface area contributed by atoms with E-state index in [2.05, 4.69) is 0 Å². The van der Waals surface area contributed by atoms with Crippen molar-refractivity contribution in [2.45, 2.75) is 26.7 Å². The Morgan fingerprint density at radius 2 is 1.64 bits per heavy atom. The number of benzene rings is 1. The first kappa shape index (κ1) is 13.5. The van der Waals surface area contributed by atoms with Gasteiger partial charge in [0.1, 0.15) is 11.5 Å². The Morgan fingerprint density at radius 3 is 2.27 bits per heavy atom. The molecule has 5 heteroatoms. The molecule has 2 amide bonds. The van der Waals surface area contributed by atoms with Gasteiger partial charge in [-0.25, -0.2) is 0 Å². The second-order valence-electron chi connectivity index (χ2n) is 7.33. The number of carbonyl (C=O) groups is 3. The van der Waals surface area contributed by atoms with Gasteiger partial charge in [0.15, 0.2) is 0 Å². The van der Waals surface area contributed by atoms with Gasteiger partial charge in [-0.2, -0.15) is 0 Å². The highest BCUT2D eigenvalue weighted by atomic mass is 16.3. The molecule has 2 unspecified atom stereocenters. The number of rotatable bonds is 1. The summed E-state index contributed by atoms with van der Waals surface area (Å²) in [6.45, 7) is 3.78. The summed E-state index contributed by atoms with van der Waals surface area (Å²) in [5, 5.41) is 9.37. The van der Waals surface area contributed by atoms with Crippen LogP contribution in [0.1, 0.15) is 26.7 Å². The predicted octanol–water partition coefficient (Wildman–Crippen LogP) is 1.89. The molecule has 1 aliphatic heterocycles. The molecule has 1 aromatic carbocycles. The van der Waals surface area contributed by atoms with Gasteiger partial charge in [0, 0.05) is 11.8 Å². The molecule has 2 saturated carbocycles. The number of hydrogen-bond donors (Lipinski definition) is 1. The second kappa shape index (κ2) is 3.77. The van der Waals surface area contributed by atoms with Crippen LogP contribution in [0.3, 0.4) is 0 Å². The third-order valence-electron chi connectivity index (χ3n) is 5.82. The molecule has 4 atom stereocenters. The highest BCUT2D eigenvalue weighted by molar-refractivity contribution is 6.24. The first-order valence-electron chi connectivity index (χ1n) is 7.48. The van der Waals surface area contributed by atoms with Crippen molar-refractivity contribution in [2.75, 3.05) is 4.90 Å². The van der Waals surface area contributed by atoms with Crippen molar-refractivity contribution >= 4 is 23.3 Å². The molecule has 3 fully saturated rings. The summed E-state index contributed by atoms with van der Waals surface area (Å²) in [5.41, 5.74) is -0.659. The number of anilines is 1. The number of Topliss-reactive ketones (excluding diaryl/α,β-unsaturated/α-hetero) is 1. The van der Waals surface area contributed by atoms with Crippen molar-refractivity contribution in [1.29, 1.82) is 0 Å². The van der Waals surface area contributed by atoms with Gasteiger partial charge in [0.05, 0.1) is 17.5 Å². The molecule has 1 aromatic rings. The summed E-state index contributed by atoms with van der Waals surface area (Å²) in [5.74, 6) is -1.25. The molecular weight excluding hydrogens is 282 g/mol. The fraction of sp³-hybridized carbons (Fsp3) is 0.471. The molecule has 1 saturated heterocycles. The first-order valence-corrected chi connectivity index (χ1v) is 7.48. The molecule has 2 aliphatic carbocycles. The topological polar surface area (TPSA) is 74.7 Å². The molecule has 0 radical (unpaired) electrons. The minimum Gasteiger partial charge on any atom is -0.508 e. The van der Waals surface area contributed by atoms with E-state index in [1.54, 1.807) is 12.1 Å². The van der Waals surface area contributed by atoms with Gasteiger partial charge in [-0.05, 0) is 36.1 Å². The highest BCUT2D eigenvalue weighted by Crippen LogP contribution is 2.67. The fourth-order valence-corrected chi connectivity index (χ4v) is 4.94. The van der Waals surface area contributed by atoms with Gasteiger partial charge >= 0.3 is 0 Å². The average molecular weight is 299 g/mol. The number of amides is 2. The lowest BCUT2D eigenvalue weighted by atomic mass is 9.68. The van der Waals surface area contributed by atoms with Crippen molar-refractivity contribution < 1.29 is 19.5 Å². The quantitative estimate of drug-likeness (QED) is 0.804.